The van der Waals surface area contributed by atoms with Gasteiger partial charge >= 0.3 is 12.0 Å². The molecule has 166 valence electrons. The molecule has 0 atom stereocenters. The number of amides is 4. The Kier molecular flexibility index (Phi) is 5.53. The summed E-state index contributed by atoms with van der Waals surface area (Å²) in [5.74, 6) is -2.87. The molecule has 2 aromatic carbocycles. The van der Waals surface area contributed by atoms with E-state index in [-0.39, 0.29) is 16.8 Å². The highest BCUT2D eigenvalue weighted by molar-refractivity contribution is 6.39. The van der Waals surface area contributed by atoms with Crippen molar-refractivity contribution in [1.82, 2.24) is 9.88 Å². The number of carbonyl (C=O) groups excluding carboxylic acids is 3. The lowest BCUT2D eigenvalue weighted by atomic mass is 10.1. The predicted molar refractivity (Wildman–Crippen MR) is 122 cm³/mol. The summed E-state index contributed by atoms with van der Waals surface area (Å²) in [6, 6.07) is 15.7. The SMILES string of the molecule is CN(C)c1ccc(-n2cccc2/C=C2\C(=O)NC(=O)N(c3cccc(C(=O)O)c3)C2=O)cc1. The quantitative estimate of drug-likeness (QED) is 0.462. The zero-order valence-electron chi connectivity index (χ0n) is 17.9. The fraction of sp³-hybridized carbons (Fsp3) is 0.0833. The number of hydrogen-bond acceptors (Lipinski definition) is 5. The van der Waals surface area contributed by atoms with Crippen LogP contribution >= 0.6 is 0 Å². The highest BCUT2D eigenvalue weighted by Crippen LogP contribution is 2.24. The number of carboxylic acids is 1. The largest absolute Gasteiger partial charge is 0.478 e. The zero-order valence-corrected chi connectivity index (χ0v) is 17.9. The Bertz CT molecular complexity index is 1300. The van der Waals surface area contributed by atoms with Gasteiger partial charge in [0.2, 0.25) is 0 Å². The third-order valence-electron chi connectivity index (χ3n) is 5.17. The van der Waals surface area contributed by atoms with Crippen LogP contribution in [0.25, 0.3) is 11.8 Å². The van der Waals surface area contributed by atoms with E-state index in [1.807, 2.05) is 43.3 Å². The second-order valence-electron chi connectivity index (χ2n) is 7.53. The van der Waals surface area contributed by atoms with E-state index in [1.165, 1.54) is 30.3 Å². The van der Waals surface area contributed by atoms with Crippen molar-refractivity contribution in [3.8, 4) is 5.69 Å². The number of urea groups is 1. The van der Waals surface area contributed by atoms with Gasteiger partial charge in [0.25, 0.3) is 11.8 Å². The maximum Gasteiger partial charge on any atom is 0.335 e. The molecule has 0 radical (unpaired) electrons. The van der Waals surface area contributed by atoms with Gasteiger partial charge in [-0.25, -0.2) is 14.5 Å². The molecule has 4 amide bonds. The van der Waals surface area contributed by atoms with Crippen LogP contribution in [0.5, 0.6) is 0 Å². The van der Waals surface area contributed by atoms with Gasteiger partial charge in [-0.3, -0.25) is 14.9 Å². The molecule has 0 bridgehead atoms. The van der Waals surface area contributed by atoms with Crippen LogP contribution in [-0.4, -0.2) is 47.6 Å². The van der Waals surface area contributed by atoms with Crippen LogP contribution in [-0.2, 0) is 9.59 Å². The summed E-state index contributed by atoms with van der Waals surface area (Å²) in [6.07, 6.45) is 3.19. The summed E-state index contributed by atoms with van der Waals surface area (Å²) in [6.45, 7) is 0. The molecule has 1 fully saturated rings. The third-order valence-corrected chi connectivity index (χ3v) is 5.17. The fourth-order valence-corrected chi connectivity index (χ4v) is 3.48. The molecule has 9 nitrogen and oxygen atoms in total. The van der Waals surface area contributed by atoms with Gasteiger partial charge in [0.1, 0.15) is 5.57 Å². The van der Waals surface area contributed by atoms with Crippen molar-refractivity contribution < 1.29 is 24.3 Å². The van der Waals surface area contributed by atoms with Crippen LogP contribution < -0.4 is 15.1 Å². The summed E-state index contributed by atoms with van der Waals surface area (Å²) < 4.78 is 1.80. The molecule has 2 heterocycles. The van der Waals surface area contributed by atoms with Crippen LogP contribution in [0, 0.1) is 0 Å². The van der Waals surface area contributed by atoms with Gasteiger partial charge in [-0.05, 0) is 60.7 Å². The van der Waals surface area contributed by atoms with E-state index in [1.54, 1.807) is 22.9 Å². The summed E-state index contributed by atoms with van der Waals surface area (Å²) in [5.41, 5.74) is 2.10. The minimum absolute atomic E-state index is 0.0467. The monoisotopic (exact) mass is 444 g/mol. The maximum atomic E-state index is 13.1. The number of nitrogens with zero attached hydrogens (tertiary/aromatic N) is 3. The second-order valence-corrected chi connectivity index (χ2v) is 7.53. The van der Waals surface area contributed by atoms with Gasteiger partial charge in [-0.15, -0.1) is 0 Å². The first-order chi connectivity index (χ1) is 15.8. The highest BCUT2D eigenvalue weighted by atomic mass is 16.4. The molecule has 4 rings (SSSR count). The Morgan fingerprint density at radius 2 is 1.70 bits per heavy atom. The molecule has 0 saturated carbocycles. The van der Waals surface area contributed by atoms with Gasteiger partial charge in [-0.1, -0.05) is 6.07 Å². The minimum atomic E-state index is -1.20. The van der Waals surface area contributed by atoms with Crippen molar-refractivity contribution in [2.75, 3.05) is 23.9 Å². The normalized spacial score (nSPS) is 15.0. The number of nitrogens with one attached hydrogen (secondary N) is 1. The molecule has 1 saturated heterocycles. The van der Waals surface area contributed by atoms with E-state index < -0.39 is 23.8 Å². The summed E-state index contributed by atoms with van der Waals surface area (Å²) >= 11 is 0. The lowest BCUT2D eigenvalue weighted by Gasteiger charge is -2.26. The molecule has 2 N–H and O–H groups in total. The second kappa shape index (κ2) is 8.46. The van der Waals surface area contributed by atoms with Crippen LogP contribution in [0.4, 0.5) is 16.2 Å². The number of hydrogen-bond donors (Lipinski definition) is 2. The number of benzene rings is 2. The minimum Gasteiger partial charge on any atom is -0.478 e. The van der Waals surface area contributed by atoms with Gasteiger partial charge in [0, 0.05) is 37.4 Å². The van der Waals surface area contributed by atoms with Gasteiger partial charge in [0.15, 0.2) is 0 Å². The number of carboxylic acid groups (broad SMARTS) is 1. The Morgan fingerprint density at radius 1 is 0.970 bits per heavy atom. The molecular formula is C24H20N4O5. The van der Waals surface area contributed by atoms with Gasteiger partial charge in [-0.2, -0.15) is 0 Å². The predicted octanol–water partition coefficient (Wildman–Crippen LogP) is 2.91. The number of imide groups is 2. The molecule has 0 spiro atoms. The van der Waals surface area contributed by atoms with Gasteiger partial charge < -0.3 is 14.6 Å². The van der Waals surface area contributed by atoms with Crippen molar-refractivity contribution in [3.63, 3.8) is 0 Å². The van der Waals surface area contributed by atoms with Crippen molar-refractivity contribution in [1.29, 1.82) is 0 Å². The first-order valence-electron chi connectivity index (χ1n) is 9.96. The van der Waals surface area contributed by atoms with E-state index in [0.717, 1.165) is 16.3 Å². The van der Waals surface area contributed by atoms with Crippen molar-refractivity contribution in [2.45, 2.75) is 0 Å². The first kappa shape index (κ1) is 21.6. The zero-order chi connectivity index (χ0) is 23.7. The smallest absolute Gasteiger partial charge is 0.335 e. The number of carbonyl (C=O) groups is 4. The summed E-state index contributed by atoms with van der Waals surface area (Å²) in [4.78, 5) is 52.1. The van der Waals surface area contributed by atoms with E-state index >= 15 is 0 Å². The molecule has 1 aliphatic rings. The van der Waals surface area contributed by atoms with E-state index in [9.17, 15) is 24.3 Å². The average molecular weight is 444 g/mol. The fourth-order valence-electron chi connectivity index (χ4n) is 3.48. The number of rotatable bonds is 5. The number of aromatic carboxylic acids is 1. The lowest BCUT2D eigenvalue weighted by Crippen LogP contribution is -2.54. The Morgan fingerprint density at radius 3 is 2.36 bits per heavy atom. The number of aromatic nitrogens is 1. The molecular weight excluding hydrogens is 424 g/mol. The van der Waals surface area contributed by atoms with Gasteiger partial charge in [0.05, 0.1) is 11.3 Å². The van der Waals surface area contributed by atoms with E-state index in [2.05, 4.69) is 5.32 Å². The van der Waals surface area contributed by atoms with Crippen LogP contribution in [0.3, 0.4) is 0 Å². The standard InChI is InChI=1S/C24H20N4O5/c1-26(2)16-8-10-17(11-9-16)27-12-4-7-18(27)14-20-21(29)25-24(33)28(22(20)30)19-6-3-5-15(13-19)23(31)32/h3-14H,1-2H3,(H,31,32)(H,25,29,33)/b20-14+. The van der Waals surface area contributed by atoms with E-state index in [0.29, 0.717) is 5.69 Å². The molecule has 3 aromatic rings. The molecule has 1 aromatic heterocycles. The number of barbiturate groups is 1. The Hall–Kier alpha value is -4.66. The summed E-state index contributed by atoms with van der Waals surface area (Å²) in [5, 5.41) is 11.4. The first-order valence-corrected chi connectivity index (χ1v) is 9.96. The highest BCUT2D eigenvalue weighted by Gasteiger charge is 2.37. The van der Waals surface area contributed by atoms with Crippen molar-refractivity contribution in [2.24, 2.45) is 0 Å². The molecule has 0 aliphatic carbocycles. The number of anilines is 2. The average Bonchev–Trinajstić information content (AvgIpc) is 3.25. The summed E-state index contributed by atoms with van der Waals surface area (Å²) in [7, 11) is 3.88. The Balaban J connectivity index is 1.71. The van der Waals surface area contributed by atoms with Crippen LogP contribution in [0.1, 0.15) is 16.1 Å². The lowest BCUT2D eigenvalue weighted by molar-refractivity contribution is -0.122. The van der Waals surface area contributed by atoms with Crippen LogP contribution in [0.2, 0.25) is 0 Å². The van der Waals surface area contributed by atoms with Crippen molar-refractivity contribution in [3.05, 3.63) is 83.7 Å². The molecule has 1 aliphatic heterocycles. The maximum absolute atomic E-state index is 13.1. The van der Waals surface area contributed by atoms with Crippen molar-refractivity contribution >= 4 is 41.3 Å². The third kappa shape index (κ3) is 4.11. The molecule has 9 heteroatoms. The molecule has 33 heavy (non-hydrogen) atoms. The van der Waals surface area contributed by atoms with E-state index in [4.69, 9.17) is 0 Å². The topological polar surface area (TPSA) is 112 Å². The molecule has 0 unspecified atom stereocenters. The Labute approximate surface area is 189 Å². The van der Waals surface area contributed by atoms with Crippen LogP contribution in [0.15, 0.2) is 72.4 Å².